The Morgan fingerprint density at radius 2 is 1.91 bits per heavy atom. The molecule has 0 aliphatic heterocycles. The fourth-order valence-electron chi connectivity index (χ4n) is 1.59. The summed E-state index contributed by atoms with van der Waals surface area (Å²) in [6, 6.07) is 3.27. The Morgan fingerprint density at radius 1 is 1.27 bits per heavy atom. The monoisotopic (exact) mass is 316 g/mol. The molecule has 0 atom stereocenters. The number of carbonyl (C=O) groups excluding carboxylic acids is 1. The maximum absolute atomic E-state index is 12.6. The van der Waals surface area contributed by atoms with Crippen molar-refractivity contribution >= 4 is 17.9 Å². The lowest BCUT2D eigenvalue weighted by atomic mass is 10.1. The molecule has 0 fully saturated rings. The zero-order valence-electron chi connectivity index (χ0n) is 12.6. The van der Waals surface area contributed by atoms with E-state index in [0.29, 0.717) is 5.56 Å². The van der Waals surface area contributed by atoms with Crippen molar-refractivity contribution in [2.24, 2.45) is 0 Å². The van der Waals surface area contributed by atoms with Gasteiger partial charge >= 0.3 is 12.3 Å². The van der Waals surface area contributed by atoms with Crippen LogP contribution < -0.4 is 11.1 Å². The number of alkyl halides is 3. The van der Waals surface area contributed by atoms with Gasteiger partial charge in [-0.05, 0) is 44.5 Å². The van der Waals surface area contributed by atoms with Crippen molar-refractivity contribution in [2.75, 3.05) is 12.3 Å². The van der Waals surface area contributed by atoms with E-state index < -0.39 is 23.4 Å². The molecule has 7 heteroatoms. The number of amides is 1. The van der Waals surface area contributed by atoms with Gasteiger partial charge < -0.3 is 15.8 Å². The van der Waals surface area contributed by atoms with Crippen molar-refractivity contribution in [1.82, 2.24) is 5.32 Å². The van der Waals surface area contributed by atoms with Gasteiger partial charge in [-0.25, -0.2) is 4.79 Å². The van der Waals surface area contributed by atoms with Crippen LogP contribution in [-0.2, 0) is 10.9 Å². The first-order chi connectivity index (χ1) is 9.97. The van der Waals surface area contributed by atoms with E-state index in [4.69, 9.17) is 10.5 Å². The summed E-state index contributed by atoms with van der Waals surface area (Å²) >= 11 is 0. The highest BCUT2D eigenvalue weighted by atomic mass is 19.4. The second-order valence-corrected chi connectivity index (χ2v) is 5.67. The molecule has 0 radical (unpaired) electrons. The summed E-state index contributed by atoms with van der Waals surface area (Å²) < 4.78 is 43.0. The number of benzene rings is 1. The van der Waals surface area contributed by atoms with E-state index in [1.165, 1.54) is 18.2 Å². The maximum Gasteiger partial charge on any atom is 0.416 e. The predicted octanol–water partition coefficient (Wildman–Crippen LogP) is 3.83. The number of alkyl carbamates (subject to hydrolysis) is 1. The lowest BCUT2D eigenvalue weighted by Gasteiger charge is -2.19. The molecule has 3 N–H and O–H groups in total. The van der Waals surface area contributed by atoms with Crippen molar-refractivity contribution in [3.8, 4) is 0 Å². The van der Waals surface area contributed by atoms with Crippen LogP contribution in [0.15, 0.2) is 24.3 Å². The van der Waals surface area contributed by atoms with Gasteiger partial charge in [0.1, 0.15) is 5.60 Å². The summed E-state index contributed by atoms with van der Waals surface area (Å²) in [5.41, 5.74) is 4.36. The van der Waals surface area contributed by atoms with Gasteiger partial charge in [0.25, 0.3) is 0 Å². The average molecular weight is 316 g/mol. The Kier molecular flexibility index (Phi) is 5.46. The van der Waals surface area contributed by atoms with Crippen LogP contribution in [0.2, 0.25) is 0 Å². The smallest absolute Gasteiger partial charge is 0.416 e. The largest absolute Gasteiger partial charge is 0.444 e. The van der Waals surface area contributed by atoms with Crippen LogP contribution in [0.4, 0.5) is 23.7 Å². The molecule has 22 heavy (non-hydrogen) atoms. The van der Waals surface area contributed by atoms with E-state index >= 15 is 0 Å². The Bertz CT molecular complexity index is 561. The van der Waals surface area contributed by atoms with Crippen LogP contribution in [-0.4, -0.2) is 18.2 Å². The molecule has 0 aliphatic carbocycles. The Morgan fingerprint density at radius 3 is 2.45 bits per heavy atom. The molecular formula is C15H19F3N2O2. The van der Waals surface area contributed by atoms with Crippen molar-refractivity contribution in [3.63, 3.8) is 0 Å². The fraction of sp³-hybridized carbons (Fsp3) is 0.400. The molecule has 1 aromatic carbocycles. The van der Waals surface area contributed by atoms with Gasteiger partial charge in [-0.3, -0.25) is 0 Å². The second kappa shape index (κ2) is 6.72. The third-order valence-electron chi connectivity index (χ3n) is 2.38. The van der Waals surface area contributed by atoms with Crippen molar-refractivity contribution in [1.29, 1.82) is 0 Å². The van der Waals surface area contributed by atoms with Gasteiger partial charge in [-0.2, -0.15) is 13.2 Å². The van der Waals surface area contributed by atoms with Gasteiger partial charge in [0.15, 0.2) is 0 Å². The van der Waals surface area contributed by atoms with Gasteiger partial charge in [-0.1, -0.05) is 12.2 Å². The standard InChI is InChI=1S/C15H19F3N2O2/c1-14(2,3)22-13(21)20-6-4-5-10-7-11(15(16,17)18)9-12(19)8-10/h4-5,7-9H,6,19H2,1-3H3,(H,20,21). The maximum atomic E-state index is 12.6. The molecule has 1 aromatic rings. The molecular weight excluding hydrogens is 297 g/mol. The van der Waals surface area contributed by atoms with Crippen molar-refractivity contribution in [2.45, 2.75) is 32.5 Å². The highest BCUT2D eigenvalue weighted by Gasteiger charge is 2.30. The third-order valence-corrected chi connectivity index (χ3v) is 2.38. The van der Waals surface area contributed by atoms with Gasteiger partial charge in [0.2, 0.25) is 0 Å². The van der Waals surface area contributed by atoms with Crippen LogP contribution in [0, 0.1) is 0 Å². The summed E-state index contributed by atoms with van der Waals surface area (Å²) in [5, 5.41) is 2.47. The molecule has 122 valence electrons. The molecule has 0 aliphatic rings. The van der Waals surface area contributed by atoms with Gasteiger partial charge in [0, 0.05) is 12.2 Å². The van der Waals surface area contributed by atoms with Gasteiger partial charge in [-0.15, -0.1) is 0 Å². The zero-order chi connectivity index (χ0) is 17.0. The number of carbonyl (C=O) groups is 1. The number of nitrogens with one attached hydrogen (secondary N) is 1. The number of hydrogen-bond donors (Lipinski definition) is 2. The third kappa shape index (κ3) is 6.51. The number of halogens is 3. The molecule has 1 amide bonds. The van der Waals surface area contributed by atoms with E-state index in [2.05, 4.69) is 5.32 Å². The fourth-order valence-corrected chi connectivity index (χ4v) is 1.59. The van der Waals surface area contributed by atoms with Crippen LogP contribution in [0.25, 0.3) is 6.08 Å². The number of nitrogen functional groups attached to an aromatic ring is 1. The number of ether oxygens (including phenoxy) is 1. The SMILES string of the molecule is CC(C)(C)OC(=O)NCC=Cc1cc(N)cc(C(F)(F)F)c1. The first-order valence-electron chi connectivity index (χ1n) is 6.58. The highest BCUT2D eigenvalue weighted by molar-refractivity contribution is 5.68. The van der Waals surface area contributed by atoms with E-state index in [9.17, 15) is 18.0 Å². The minimum Gasteiger partial charge on any atom is -0.444 e. The highest BCUT2D eigenvalue weighted by Crippen LogP contribution is 2.31. The topological polar surface area (TPSA) is 64.3 Å². The summed E-state index contributed by atoms with van der Waals surface area (Å²) in [5.74, 6) is 0. The summed E-state index contributed by atoms with van der Waals surface area (Å²) in [6.07, 6.45) is -2.09. The predicted molar refractivity (Wildman–Crippen MR) is 79.1 cm³/mol. The molecule has 1 rings (SSSR count). The lowest BCUT2D eigenvalue weighted by Crippen LogP contribution is -2.32. The van der Waals surface area contributed by atoms with E-state index in [-0.39, 0.29) is 12.2 Å². The van der Waals surface area contributed by atoms with E-state index in [1.807, 2.05) is 0 Å². The average Bonchev–Trinajstić information content (AvgIpc) is 2.30. The van der Waals surface area contributed by atoms with Gasteiger partial charge in [0.05, 0.1) is 5.56 Å². The Hall–Kier alpha value is -2.18. The second-order valence-electron chi connectivity index (χ2n) is 5.67. The minimum absolute atomic E-state index is 0.0228. The summed E-state index contributed by atoms with van der Waals surface area (Å²) in [4.78, 5) is 11.4. The molecule has 0 aromatic heterocycles. The minimum atomic E-state index is -4.45. The lowest BCUT2D eigenvalue weighted by molar-refractivity contribution is -0.137. The summed E-state index contributed by atoms with van der Waals surface area (Å²) in [6.45, 7) is 5.32. The van der Waals surface area contributed by atoms with Crippen LogP contribution in [0.1, 0.15) is 31.9 Å². The summed E-state index contributed by atoms with van der Waals surface area (Å²) in [7, 11) is 0. The van der Waals surface area contributed by atoms with Crippen LogP contribution in [0.5, 0.6) is 0 Å². The van der Waals surface area contributed by atoms with E-state index in [0.717, 1.165) is 12.1 Å². The molecule has 0 heterocycles. The molecule has 0 saturated carbocycles. The van der Waals surface area contributed by atoms with Crippen molar-refractivity contribution < 1.29 is 22.7 Å². The molecule has 0 unspecified atom stereocenters. The van der Waals surface area contributed by atoms with Crippen molar-refractivity contribution in [3.05, 3.63) is 35.4 Å². The number of nitrogens with two attached hydrogens (primary N) is 1. The molecule has 0 saturated heterocycles. The Balaban J connectivity index is 2.64. The normalized spacial score (nSPS) is 12.5. The number of rotatable bonds is 3. The van der Waals surface area contributed by atoms with Crippen LogP contribution >= 0.6 is 0 Å². The molecule has 0 spiro atoms. The molecule has 0 bridgehead atoms. The first-order valence-corrected chi connectivity index (χ1v) is 6.58. The first kappa shape index (κ1) is 17.9. The number of anilines is 1. The number of hydrogen-bond acceptors (Lipinski definition) is 3. The molecule has 4 nitrogen and oxygen atoms in total. The van der Waals surface area contributed by atoms with E-state index in [1.54, 1.807) is 20.8 Å². The quantitative estimate of drug-likeness (QED) is 0.833. The zero-order valence-corrected chi connectivity index (χ0v) is 12.6. The van der Waals surface area contributed by atoms with Crippen LogP contribution in [0.3, 0.4) is 0 Å². The Labute approximate surface area is 127 Å².